The maximum absolute atomic E-state index is 12.7. The van der Waals surface area contributed by atoms with Crippen molar-refractivity contribution in [3.8, 4) is 5.69 Å². The summed E-state index contributed by atoms with van der Waals surface area (Å²) in [5.41, 5.74) is 15.1. The number of carbonyl (C=O) groups excluding carboxylic acids is 1. The molecule has 0 saturated carbocycles. The number of amides is 1. The maximum atomic E-state index is 12.7. The summed E-state index contributed by atoms with van der Waals surface area (Å²) in [7, 11) is 0. The van der Waals surface area contributed by atoms with Crippen molar-refractivity contribution in [2.45, 2.75) is 6.92 Å². The average molecular weight is 400 g/mol. The molecule has 150 valence electrons. The minimum absolute atomic E-state index is 0.103. The predicted octanol–water partition coefficient (Wildman–Crippen LogP) is 2.60. The van der Waals surface area contributed by atoms with Gasteiger partial charge in [0.25, 0.3) is 5.91 Å². The molecule has 1 amide bonds. The van der Waals surface area contributed by atoms with Crippen LogP contribution in [0.1, 0.15) is 23.0 Å². The zero-order chi connectivity index (χ0) is 21.1. The summed E-state index contributed by atoms with van der Waals surface area (Å²) in [6.07, 6.45) is 5.29. The van der Waals surface area contributed by atoms with Crippen LogP contribution in [0.5, 0.6) is 0 Å². The van der Waals surface area contributed by atoms with Crippen LogP contribution < -0.4 is 16.8 Å². The van der Waals surface area contributed by atoms with Crippen molar-refractivity contribution in [1.29, 1.82) is 0 Å². The van der Waals surface area contributed by atoms with E-state index in [-0.39, 0.29) is 11.9 Å². The third kappa shape index (κ3) is 4.04. The predicted molar refractivity (Wildman–Crippen MR) is 118 cm³/mol. The van der Waals surface area contributed by atoms with Gasteiger partial charge in [0.2, 0.25) is 5.96 Å². The number of guanidine groups is 1. The monoisotopic (exact) mass is 400 g/mol. The first-order chi connectivity index (χ1) is 14.5. The molecule has 0 aliphatic heterocycles. The van der Waals surface area contributed by atoms with Gasteiger partial charge in [-0.05, 0) is 55.0 Å². The van der Waals surface area contributed by atoms with Gasteiger partial charge in [0.05, 0.1) is 12.0 Å². The van der Waals surface area contributed by atoms with Gasteiger partial charge < -0.3 is 26.3 Å². The molecule has 0 radical (unpaired) electrons. The Balaban J connectivity index is 1.52. The van der Waals surface area contributed by atoms with Crippen molar-refractivity contribution in [2.24, 2.45) is 21.7 Å². The number of hydrogen-bond donors (Lipinski definition) is 4. The fourth-order valence-electron chi connectivity index (χ4n) is 3.00. The van der Waals surface area contributed by atoms with Gasteiger partial charge >= 0.3 is 0 Å². The lowest BCUT2D eigenvalue weighted by Gasteiger charge is -2.06. The Morgan fingerprint density at radius 2 is 1.90 bits per heavy atom. The van der Waals surface area contributed by atoms with E-state index in [0.717, 1.165) is 22.2 Å². The Labute approximate surface area is 172 Å². The molecule has 2 aromatic heterocycles. The van der Waals surface area contributed by atoms with Crippen molar-refractivity contribution >= 4 is 34.2 Å². The lowest BCUT2D eigenvalue weighted by Crippen LogP contribution is -2.22. The summed E-state index contributed by atoms with van der Waals surface area (Å²) in [5.74, 6) is -0.330. The molecule has 0 spiro atoms. The number of nitrogens with zero attached hydrogens (tertiary/aromatic N) is 4. The van der Waals surface area contributed by atoms with Crippen molar-refractivity contribution in [1.82, 2.24) is 14.5 Å². The van der Waals surface area contributed by atoms with Crippen LogP contribution in [0.3, 0.4) is 0 Å². The topological polar surface area (TPSA) is 139 Å². The molecule has 4 rings (SSSR count). The Morgan fingerprint density at radius 3 is 2.60 bits per heavy atom. The molecular formula is C21H20N8O. The third-order valence-electron chi connectivity index (χ3n) is 4.53. The number of nitrogens with two attached hydrogens (primary N) is 2. The van der Waals surface area contributed by atoms with Crippen molar-refractivity contribution in [3.63, 3.8) is 0 Å². The summed E-state index contributed by atoms with van der Waals surface area (Å²) >= 11 is 0. The normalized spacial score (nSPS) is 11.4. The molecule has 4 aromatic rings. The van der Waals surface area contributed by atoms with Gasteiger partial charge in [-0.1, -0.05) is 6.07 Å². The number of H-pyrrole nitrogens is 1. The number of carbonyl (C=O) groups is 1. The number of aromatic nitrogens is 3. The first-order valence-electron chi connectivity index (χ1n) is 9.16. The second-order valence-corrected chi connectivity index (χ2v) is 6.67. The number of benzene rings is 2. The Bertz CT molecular complexity index is 1250. The molecule has 2 heterocycles. The van der Waals surface area contributed by atoms with Crippen molar-refractivity contribution in [3.05, 3.63) is 78.5 Å². The fraction of sp³-hybridized carbons (Fsp3) is 0.0476. The molecule has 0 aliphatic carbocycles. The summed E-state index contributed by atoms with van der Waals surface area (Å²) < 4.78 is 1.89. The maximum Gasteiger partial charge on any atom is 0.272 e. The third-order valence-corrected chi connectivity index (χ3v) is 4.53. The van der Waals surface area contributed by atoms with Crippen LogP contribution >= 0.6 is 0 Å². The zero-order valence-corrected chi connectivity index (χ0v) is 16.2. The highest BCUT2D eigenvalue weighted by Crippen LogP contribution is 2.20. The van der Waals surface area contributed by atoms with E-state index in [9.17, 15) is 4.79 Å². The van der Waals surface area contributed by atoms with E-state index in [1.165, 1.54) is 0 Å². The molecule has 30 heavy (non-hydrogen) atoms. The van der Waals surface area contributed by atoms with E-state index in [0.29, 0.717) is 17.1 Å². The summed E-state index contributed by atoms with van der Waals surface area (Å²) in [6, 6.07) is 15.0. The number of imidazole rings is 1. The molecule has 0 saturated heterocycles. The second-order valence-electron chi connectivity index (χ2n) is 6.67. The van der Waals surface area contributed by atoms with E-state index >= 15 is 0 Å². The standard InChI is InChI=1S/C21H20N8O/c1-13(27-28-21(22)23)14-2-7-18-15(10-14)11-19(26-18)20(30)25-16-3-5-17(6-4-16)29-9-8-24-12-29/h2-12,26H,1H3,(H,25,30)(H4,22,23,28). The Kier molecular flexibility index (Phi) is 5.00. The second kappa shape index (κ2) is 7.92. The lowest BCUT2D eigenvalue weighted by atomic mass is 10.1. The van der Waals surface area contributed by atoms with Crippen molar-refractivity contribution in [2.75, 3.05) is 5.32 Å². The number of hydrogen-bond acceptors (Lipinski definition) is 4. The van der Waals surface area contributed by atoms with Crippen LogP contribution in [0.25, 0.3) is 16.6 Å². The van der Waals surface area contributed by atoms with Crippen LogP contribution in [-0.2, 0) is 0 Å². The van der Waals surface area contributed by atoms with Gasteiger partial charge in [0.1, 0.15) is 5.69 Å². The zero-order valence-electron chi connectivity index (χ0n) is 16.2. The van der Waals surface area contributed by atoms with Gasteiger partial charge in [-0.2, -0.15) is 5.10 Å². The Hall–Kier alpha value is -4.40. The number of aromatic amines is 1. The molecule has 2 aromatic carbocycles. The number of nitrogens with one attached hydrogen (secondary N) is 2. The fourth-order valence-corrected chi connectivity index (χ4v) is 3.00. The van der Waals surface area contributed by atoms with Crippen LogP contribution in [-0.4, -0.2) is 32.1 Å². The van der Waals surface area contributed by atoms with Crippen LogP contribution in [0.2, 0.25) is 0 Å². The smallest absolute Gasteiger partial charge is 0.272 e. The molecule has 0 fully saturated rings. The molecule has 0 bridgehead atoms. The molecule has 9 nitrogen and oxygen atoms in total. The quantitative estimate of drug-likeness (QED) is 0.232. The molecule has 0 unspecified atom stereocenters. The first-order valence-corrected chi connectivity index (χ1v) is 9.16. The number of rotatable bonds is 5. The van der Waals surface area contributed by atoms with Crippen molar-refractivity contribution < 1.29 is 4.79 Å². The number of fused-ring (bicyclic) bond motifs is 1. The van der Waals surface area contributed by atoms with E-state index in [4.69, 9.17) is 11.5 Å². The summed E-state index contributed by atoms with van der Waals surface area (Å²) in [5, 5.41) is 11.4. The first kappa shape index (κ1) is 18.9. The highest BCUT2D eigenvalue weighted by atomic mass is 16.1. The molecular weight excluding hydrogens is 380 g/mol. The average Bonchev–Trinajstić information content (AvgIpc) is 3.42. The van der Waals surface area contributed by atoms with E-state index < -0.39 is 0 Å². The van der Waals surface area contributed by atoms with Crippen LogP contribution in [0.15, 0.2) is 77.5 Å². The summed E-state index contributed by atoms with van der Waals surface area (Å²) in [6.45, 7) is 1.81. The number of anilines is 1. The highest BCUT2D eigenvalue weighted by Gasteiger charge is 2.11. The largest absolute Gasteiger partial charge is 0.369 e. The van der Waals surface area contributed by atoms with Crippen LogP contribution in [0, 0.1) is 0 Å². The van der Waals surface area contributed by atoms with Crippen LogP contribution in [0.4, 0.5) is 5.69 Å². The SMILES string of the molecule is CC(=NN=C(N)N)c1ccc2[nH]c(C(=O)Nc3ccc(-n4ccnc4)cc3)cc2c1. The van der Waals surface area contributed by atoms with E-state index in [2.05, 4.69) is 25.5 Å². The van der Waals surface area contributed by atoms with E-state index in [1.54, 1.807) is 25.5 Å². The lowest BCUT2D eigenvalue weighted by molar-refractivity contribution is 0.102. The molecule has 0 aliphatic rings. The molecule has 9 heteroatoms. The minimum atomic E-state index is -0.228. The highest BCUT2D eigenvalue weighted by molar-refractivity contribution is 6.07. The van der Waals surface area contributed by atoms with E-state index in [1.807, 2.05) is 53.2 Å². The van der Waals surface area contributed by atoms with Gasteiger partial charge in [-0.15, -0.1) is 5.10 Å². The van der Waals surface area contributed by atoms with Gasteiger partial charge in [0.15, 0.2) is 0 Å². The molecule has 6 N–H and O–H groups in total. The van der Waals surface area contributed by atoms with Gasteiger partial charge in [0, 0.05) is 34.7 Å². The Morgan fingerprint density at radius 1 is 1.10 bits per heavy atom. The van der Waals surface area contributed by atoms with Gasteiger partial charge in [-0.25, -0.2) is 4.98 Å². The summed E-state index contributed by atoms with van der Waals surface area (Å²) in [4.78, 5) is 19.8. The van der Waals surface area contributed by atoms with Gasteiger partial charge in [-0.3, -0.25) is 4.79 Å². The molecule has 0 atom stereocenters. The minimum Gasteiger partial charge on any atom is -0.369 e.